The summed E-state index contributed by atoms with van der Waals surface area (Å²) in [5.41, 5.74) is 0. The zero-order valence-electron chi connectivity index (χ0n) is 7.66. The molecule has 2 amide bonds. The third kappa shape index (κ3) is 5.84. The van der Waals surface area contributed by atoms with Crippen LogP contribution in [0, 0.1) is 5.92 Å². The number of nitrogens with one attached hydrogen (secondary N) is 1. The SMILES string of the molecule is CC(C)C(=O)O.O=C1CCC(=O)N1. The van der Waals surface area contributed by atoms with Gasteiger partial charge in [-0.2, -0.15) is 0 Å². The van der Waals surface area contributed by atoms with Crippen molar-refractivity contribution in [2.75, 3.05) is 0 Å². The zero-order chi connectivity index (χ0) is 10.4. The van der Waals surface area contributed by atoms with Crippen molar-refractivity contribution in [1.82, 2.24) is 5.32 Å². The molecular formula is C8H13NO4. The van der Waals surface area contributed by atoms with E-state index in [1.54, 1.807) is 13.8 Å². The van der Waals surface area contributed by atoms with Gasteiger partial charge >= 0.3 is 5.97 Å². The molecule has 1 rings (SSSR count). The Morgan fingerprint density at radius 1 is 1.31 bits per heavy atom. The van der Waals surface area contributed by atoms with Crippen LogP contribution < -0.4 is 5.32 Å². The predicted octanol–water partition coefficient (Wildman–Crippen LogP) is 0.150. The van der Waals surface area contributed by atoms with E-state index in [0.717, 1.165) is 0 Å². The van der Waals surface area contributed by atoms with Gasteiger partial charge in [0.15, 0.2) is 0 Å². The third-order valence-corrected chi connectivity index (χ3v) is 1.35. The molecule has 0 atom stereocenters. The summed E-state index contributed by atoms with van der Waals surface area (Å²) >= 11 is 0. The third-order valence-electron chi connectivity index (χ3n) is 1.35. The Morgan fingerprint density at radius 3 is 1.69 bits per heavy atom. The maximum Gasteiger partial charge on any atom is 0.305 e. The molecule has 2 N–H and O–H groups in total. The minimum atomic E-state index is -0.741. The van der Waals surface area contributed by atoms with Crippen molar-refractivity contribution in [3.63, 3.8) is 0 Å². The number of carbonyl (C=O) groups excluding carboxylic acids is 2. The molecule has 5 nitrogen and oxygen atoms in total. The number of amides is 2. The Hall–Kier alpha value is -1.39. The Balaban J connectivity index is 0.000000226. The highest BCUT2D eigenvalue weighted by atomic mass is 16.4. The highest BCUT2D eigenvalue weighted by Gasteiger charge is 2.15. The molecular weight excluding hydrogens is 174 g/mol. The number of carboxylic acid groups (broad SMARTS) is 1. The van der Waals surface area contributed by atoms with E-state index in [2.05, 4.69) is 5.32 Å². The smallest absolute Gasteiger partial charge is 0.305 e. The minimum absolute atomic E-state index is 0.148. The molecule has 1 heterocycles. The monoisotopic (exact) mass is 187 g/mol. The van der Waals surface area contributed by atoms with E-state index in [1.165, 1.54) is 0 Å². The first-order chi connectivity index (χ1) is 5.93. The average Bonchev–Trinajstić information content (AvgIpc) is 2.35. The van der Waals surface area contributed by atoms with E-state index in [0.29, 0.717) is 12.8 Å². The molecule has 13 heavy (non-hydrogen) atoms. The molecule has 0 unspecified atom stereocenters. The van der Waals surface area contributed by atoms with Crippen LogP contribution in [-0.2, 0) is 14.4 Å². The van der Waals surface area contributed by atoms with Gasteiger partial charge in [0, 0.05) is 12.8 Å². The largest absolute Gasteiger partial charge is 0.481 e. The number of hydrogen-bond donors (Lipinski definition) is 2. The van der Waals surface area contributed by atoms with Crippen molar-refractivity contribution < 1.29 is 19.5 Å². The van der Waals surface area contributed by atoms with Crippen LogP contribution in [0.2, 0.25) is 0 Å². The summed E-state index contributed by atoms with van der Waals surface area (Å²) in [5.74, 6) is -1.27. The van der Waals surface area contributed by atoms with Gasteiger partial charge in [-0.1, -0.05) is 13.8 Å². The first kappa shape index (κ1) is 11.6. The van der Waals surface area contributed by atoms with Crippen molar-refractivity contribution >= 4 is 17.8 Å². The van der Waals surface area contributed by atoms with Gasteiger partial charge in [0.05, 0.1) is 5.92 Å². The molecule has 0 aromatic heterocycles. The number of carboxylic acids is 1. The van der Waals surface area contributed by atoms with Crippen molar-refractivity contribution in [3.8, 4) is 0 Å². The van der Waals surface area contributed by atoms with Crippen LogP contribution >= 0.6 is 0 Å². The molecule has 0 radical (unpaired) electrons. The second-order valence-corrected chi connectivity index (χ2v) is 2.96. The lowest BCUT2D eigenvalue weighted by molar-refractivity contribution is -0.140. The van der Waals surface area contributed by atoms with Crippen LogP contribution in [0.3, 0.4) is 0 Å². The first-order valence-corrected chi connectivity index (χ1v) is 3.99. The molecule has 0 bridgehead atoms. The molecule has 0 saturated carbocycles. The molecule has 74 valence electrons. The van der Waals surface area contributed by atoms with Crippen LogP contribution in [0.25, 0.3) is 0 Å². The number of imide groups is 1. The molecule has 0 spiro atoms. The fourth-order valence-electron chi connectivity index (χ4n) is 0.508. The summed E-state index contributed by atoms with van der Waals surface area (Å²) in [4.78, 5) is 29.9. The second kappa shape index (κ2) is 5.29. The molecule has 1 saturated heterocycles. The topological polar surface area (TPSA) is 83.5 Å². The first-order valence-electron chi connectivity index (χ1n) is 3.99. The van der Waals surface area contributed by atoms with Gasteiger partial charge in [-0.15, -0.1) is 0 Å². The lowest BCUT2D eigenvalue weighted by Gasteiger charge is -1.89. The van der Waals surface area contributed by atoms with Crippen molar-refractivity contribution in [2.45, 2.75) is 26.7 Å². The van der Waals surface area contributed by atoms with Gasteiger partial charge in [-0.05, 0) is 0 Å². The summed E-state index contributed by atoms with van der Waals surface area (Å²) in [6, 6.07) is 0. The molecule has 1 fully saturated rings. The Bertz CT molecular complexity index is 208. The maximum absolute atomic E-state index is 10.1. The zero-order valence-corrected chi connectivity index (χ0v) is 7.66. The van der Waals surface area contributed by atoms with Crippen LogP contribution in [-0.4, -0.2) is 22.9 Å². The van der Waals surface area contributed by atoms with Gasteiger partial charge in [0.25, 0.3) is 0 Å². The van der Waals surface area contributed by atoms with E-state index in [9.17, 15) is 14.4 Å². The highest BCUT2D eigenvalue weighted by molar-refractivity contribution is 6.01. The van der Waals surface area contributed by atoms with Crippen molar-refractivity contribution in [3.05, 3.63) is 0 Å². The van der Waals surface area contributed by atoms with Crippen LogP contribution in [0.1, 0.15) is 26.7 Å². The summed E-state index contributed by atoms with van der Waals surface area (Å²) in [7, 11) is 0. The summed E-state index contributed by atoms with van der Waals surface area (Å²) in [5, 5.41) is 10.1. The van der Waals surface area contributed by atoms with Gasteiger partial charge in [0.1, 0.15) is 0 Å². The quantitative estimate of drug-likeness (QED) is 0.572. The van der Waals surface area contributed by atoms with Crippen LogP contribution in [0.15, 0.2) is 0 Å². The second-order valence-electron chi connectivity index (χ2n) is 2.96. The molecule has 5 heteroatoms. The van der Waals surface area contributed by atoms with E-state index >= 15 is 0 Å². The van der Waals surface area contributed by atoms with E-state index in [-0.39, 0.29) is 17.7 Å². The van der Waals surface area contributed by atoms with Crippen molar-refractivity contribution in [2.24, 2.45) is 5.92 Å². The molecule has 0 aromatic carbocycles. The minimum Gasteiger partial charge on any atom is -0.481 e. The Labute approximate surface area is 76.1 Å². The maximum atomic E-state index is 10.1. The van der Waals surface area contributed by atoms with Gasteiger partial charge in [0.2, 0.25) is 11.8 Å². The number of carbonyl (C=O) groups is 3. The Kier molecular flexibility index (Phi) is 4.72. The van der Waals surface area contributed by atoms with Gasteiger partial charge in [-0.3, -0.25) is 19.7 Å². The van der Waals surface area contributed by atoms with E-state index in [4.69, 9.17) is 5.11 Å². The van der Waals surface area contributed by atoms with Crippen molar-refractivity contribution in [1.29, 1.82) is 0 Å². The lowest BCUT2D eigenvalue weighted by atomic mass is 10.2. The van der Waals surface area contributed by atoms with E-state index < -0.39 is 5.97 Å². The standard InChI is InChI=1S/C4H5NO2.C4H8O2/c6-3-1-2-4(7)5-3;1-3(2)4(5)6/h1-2H2,(H,5,6,7);3H,1-2H3,(H,5,6). The highest BCUT2D eigenvalue weighted by Crippen LogP contribution is 1.95. The summed E-state index contributed by atoms with van der Waals surface area (Å²) in [6.07, 6.45) is 0.748. The summed E-state index contributed by atoms with van der Waals surface area (Å²) in [6.45, 7) is 3.28. The number of rotatable bonds is 1. The Morgan fingerprint density at radius 2 is 1.62 bits per heavy atom. The van der Waals surface area contributed by atoms with Crippen LogP contribution in [0.5, 0.6) is 0 Å². The number of hydrogen-bond acceptors (Lipinski definition) is 3. The predicted molar refractivity (Wildman–Crippen MR) is 44.9 cm³/mol. The fraction of sp³-hybridized carbons (Fsp3) is 0.625. The normalized spacial score (nSPS) is 15.0. The summed E-state index contributed by atoms with van der Waals surface area (Å²) < 4.78 is 0. The molecule has 1 aliphatic heterocycles. The lowest BCUT2D eigenvalue weighted by Crippen LogP contribution is -2.18. The van der Waals surface area contributed by atoms with Gasteiger partial charge < -0.3 is 5.11 Å². The van der Waals surface area contributed by atoms with Gasteiger partial charge in [-0.25, -0.2) is 0 Å². The fourth-order valence-corrected chi connectivity index (χ4v) is 0.508. The average molecular weight is 187 g/mol. The number of aliphatic carboxylic acids is 1. The molecule has 0 aromatic rings. The van der Waals surface area contributed by atoms with Crippen LogP contribution in [0.4, 0.5) is 0 Å². The molecule has 1 aliphatic rings. The molecule has 0 aliphatic carbocycles. The van der Waals surface area contributed by atoms with E-state index in [1.807, 2.05) is 0 Å².